The monoisotopic (exact) mass is 560 g/mol. The third kappa shape index (κ3) is 6.08. The van der Waals surface area contributed by atoms with Crippen molar-refractivity contribution in [2.75, 3.05) is 0 Å². The molecule has 2 aromatic heterocycles. The van der Waals surface area contributed by atoms with E-state index in [9.17, 15) is 31.9 Å². The lowest BCUT2D eigenvalue weighted by Gasteiger charge is -2.20. The largest absolute Gasteiger partial charge is 0.573 e. The molecule has 2 amide bonds. The molecule has 0 aliphatic heterocycles. The maximum Gasteiger partial charge on any atom is 0.573 e. The second-order valence-corrected chi connectivity index (χ2v) is 9.02. The molecular formula is C25H20F4N6O5. The third-order valence-corrected chi connectivity index (χ3v) is 6.36. The molecule has 2 aliphatic carbocycles. The lowest BCUT2D eigenvalue weighted by Crippen LogP contribution is -2.35. The summed E-state index contributed by atoms with van der Waals surface area (Å²) in [5.74, 6) is -3.82. The van der Waals surface area contributed by atoms with Gasteiger partial charge in [-0.05, 0) is 48.1 Å². The Balaban J connectivity index is 1.20. The van der Waals surface area contributed by atoms with Crippen LogP contribution in [0.15, 0.2) is 63.2 Å². The smallest absolute Gasteiger partial charge is 0.403 e. The second-order valence-electron chi connectivity index (χ2n) is 9.02. The van der Waals surface area contributed by atoms with E-state index in [2.05, 4.69) is 40.0 Å². The minimum absolute atomic E-state index is 0.0605. The van der Waals surface area contributed by atoms with Gasteiger partial charge in [-0.15, -0.1) is 13.2 Å². The number of fused-ring (bicyclic) bond motifs is 1. The highest BCUT2D eigenvalue weighted by atomic mass is 19.4. The van der Waals surface area contributed by atoms with Gasteiger partial charge >= 0.3 is 12.1 Å². The number of hydrogen-bond donors (Lipinski definition) is 3. The molecule has 1 saturated carbocycles. The first-order valence-electron chi connectivity index (χ1n) is 12.0. The fourth-order valence-corrected chi connectivity index (χ4v) is 4.55. The van der Waals surface area contributed by atoms with Gasteiger partial charge in [0.2, 0.25) is 0 Å². The van der Waals surface area contributed by atoms with Crippen LogP contribution in [0, 0.1) is 5.82 Å². The van der Waals surface area contributed by atoms with Crippen LogP contribution in [-0.2, 0) is 6.54 Å². The summed E-state index contributed by atoms with van der Waals surface area (Å²) in [4.78, 5) is 47.1. The maximum atomic E-state index is 13.6. The molecule has 15 heteroatoms. The molecule has 2 aliphatic rings. The van der Waals surface area contributed by atoms with Gasteiger partial charge in [0.1, 0.15) is 17.7 Å². The van der Waals surface area contributed by atoms with E-state index in [0.29, 0.717) is 25.1 Å². The van der Waals surface area contributed by atoms with Gasteiger partial charge in [0.05, 0.1) is 6.04 Å². The minimum atomic E-state index is -5.08. The minimum Gasteiger partial charge on any atom is -0.403 e. The fourth-order valence-electron chi connectivity index (χ4n) is 4.55. The first kappa shape index (κ1) is 26.8. The Hall–Kier alpha value is -4.82. The highest BCUT2D eigenvalue weighted by Gasteiger charge is 2.33. The molecule has 1 aromatic carbocycles. The number of ether oxygens (including phenoxy) is 1. The molecule has 3 N–H and O–H groups in total. The Bertz CT molecular complexity index is 1580. The Morgan fingerprint density at radius 3 is 2.65 bits per heavy atom. The first-order chi connectivity index (χ1) is 19.1. The number of aromatic amines is 1. The summed E-state index contributed by atoms with van der Waals surface area (Å²) in [6, 6.07) is 3.70. The standard InChI is InChI=1S/C25H20F4N6O5/c26-16-5-1-12(7-20(16)39-25(27,28)29)10-30-22(36)18-9-19(32-11-31-18)23(37)33-17-6-3-13-8-14(2-4-15(13)17)21-34-24(38)40-35-21/h1,4-5,7-9,11,14,17H,2-3,6,10H2,(H,30,36)(H,33,37)(H,34,35,38)/t14?,17-/m0/s1. The van der Waals surface area contributed by atoms with Crippen LogP contribution < -0.4 is 21.1 Å². The average molecular weight is 560 g/mol. The van der Waals surface area contributed by atoms with Crippen LogP contribution in [0.25, 0.3) is 0 Å². The Morgan fingerprint density at radius 2 is 1.93 bits per heavy atom. The molecule has 3 aromatic rings. The zero-order chi connectivity index (χ0) is 28.4. The molecule has 0 saturated heterocycles. The van der Waals surface area contributed by atoms with Gasteiger partial charge in [-0.2, -0.15) is 0 Å². The topological polar surface area (TPSA) is 152 Å². The number of H-pyrrole nitrogens is 1. The summed E-state index contributed by atoms with van der Waals surface area (Å²) < 4.78 is 59.2. The molecule has 2 atom stereocenters. The van der Waals surface area contributed by atoms with Crippen molar-refractivity contribution in [1.29, 1.82) is 0 Å². The van der Waals surface area contributed by atoms with E-state index in [1.807, 2.05) is 12.2 Å². The van der Waals surface area contributed by atoms with E-state index in [1.165, 1.54) is 12.1 Å². The van der Waals surface area contributed by atoms with Crippen molar-refractivity contribution in [2.24, 2.45) is 0 Å². The molecule has 208 valence electrons. The molecule has 0 bridgehead atoms. The van der Waals surface area contributed by atoms with Gasteiger partial charge in [-0.25, -0.2) is 19.2 Å². The Kier molecular flexibility index (Phi) is 7.19. The predicted molar refractivity (Wildman–Crippen MR) is 127 cm³/mol. The van der Waals surface area contributed by atoms with Crippen LogP contribution >= 0.6 is 0 Å². The summed E-state index contributed by atoms with van der Waals surface area (Å²) in [6.45, 7) is -0.257. The highest BCUT2D eigenvalue weighted by molar-refractivity contribution is 5.97. The number of hydrogen-bond acceptors (Lipinski definition) is 8. The summed E-state index contributed by atoms with van der Waals surface area (Å²) in [7, 11) is 0. The molecule has 0 radical (unpaired) electrons. The zero-order valence-corrected chi connectivity index (χ0v) is 20.4. The van der Waals surface area contributed by atoms with Gasteiger partial charge in [0, 0.05) is 18.5 Å². The lowest BCUT2D eigenvalue weighted by molar-refractivity contribution is -0.275. The molecule has 5 rings (SSSR count). The quantitative estimate of drug-likeness (QED) is 0.373. The Labute approximate surface area is 222 Å². The van der Waals surface area contributed by atoms with Crippen LogP contribution in [0.3, 0.4) is 0 Å². The number of alkyl halides is 3. The molecule has 0 spiro atoms. The van der Waals surface area contributed by atoms with E-state index in [1.54, 1.807) is 0 Å². The number of halogens is 4. The number of nitrogens with one attached hydrogen (secondary N) is 3. The summed E-state index contributed by atoms with van der Waals surface area (Å²) in [5.41, 5.74) is 1.91. The number of benzene rings is 1. The number of aromatic nitrogens is 4. The summed E-state index contributed by atoms with van der Waals surface area (Å²) >= 11 is 0. The SMILES string of the molecule is O=C(NCc1ccc(F)c(OC(F)(F)F)c1)c1cc(C(=O)N[C@H]2CCC3=CC(c4noc(=O)[nH]4)CC=C32)ncn1. The third-order valence-electron chi connectivity index (χ3n) is 6.36. The number of amides is 2. The van der Waals surface area contributed by atoms with E-state index >= 15 is 0 Å². The van der Waals surface area contributed by atoms with E-state index in [4.69, 9.17) is 0 Å². The van der Waals surface area contributed by atoms with E-state index in [-0.39, 0.29) is 35.5 Å². The normalized spacial score (nSPS) is 18.4. The summed E-state index contributed by atoms with van der Waals surface area (Å²) in [6.07, 6.45) is 1.83. The van der Waals surface area contributed by atoms with Crippen molar-refractivity contribution in [2.45, 2.75) is 44.1 Å². The van der Waals surface area contributed by atoms with E-state index < -0.39 is 35.5 Å². The highest BCUT2D eigenvalue weighted by Crippen LogP contribution is 2.38. The van der Waals surface area contributed by atoms with Gasteiger partial charge in [0.25, 0.3) is 11.8 Å². The number of rotatable bonds is 7. The number of nitrogens with zero attached hydrogens (tertiary/aromatic N) is 3. The van der Waals surface area contributed by atoms with Crippen LogP contribution in [-0.4, -0.2) is 44.3 Å². The number of allylic oxidation sites excluding steroid dienone is 2. The lowest BCUT2D eigenvalue weighted by atomic mass is 9.90. The van der Waals surface area contributed by atoms with Crippen LogP contribution in [0.2, 0.25) is 0 Å². The first-order valence-corrected chi connectivity index (χ1v) is 12.0. The van der Waals surface area contributed by atoms with Gasteiger partial charge in [-0.1, -0.05) is 23.4 Å². The molecular weight excluding hydrogens is 540 g/mol. The number of carbonyl (C=O) groups is 2. The van der Waals surface area contributed by atoms with Gasteiger partial charge < -0.3 is 15.4 Å². The van der Waals surface area contributed by atoms with Crippen molar-refractivity contribution >= 4 is 11.8 Å². The fraction of sp³-hybridized carbons (Fsp3) is 0.280. The van der Waals surface area contributed by atoms with Crippen LogP contribution in [0.4, 0.5) is 17.6 Å². The maximum absolute atomic E-state index is 13.6. The molecule has 40 heavy (non-hydrogen) atoms. The predicted octanol–water partition coefficient (Wildman–Crippen LogP) is 3.05. The van der Waals surface area contributed by atoms with Gasteiger partial charge in [0.15, 0.2) is 17.4 Å². The van der Waals surface area contributed by atoms with Crippen molar-refractivity contribution in [3.8, 4) is 5.75 Å². The second kappa shape index (κ2) is 10.7. The molecule has 1 unspecified atom stereocenters. The number of carbonyl (C=O) groups excluding carboxylic acids is 2. The average Bonchev–Trinajstić information content (AvgIpc) is 3.54. The van der Waals surface area contributed by atoms with Crippen molar-refractivity contribution < 1.29 is 36.4 Å². The van der Waals surface area contributed by atoms with Crippen molar-refractivity contribution in [1.82, 2.24) is 30.7 Å². The zero-order valence-electron chi connectivity index (χ0n) is 20.4. The van der Waals surface area contributed by atoms with E-state index in [0.717, 1.165) is 29.6 Å². The summed E-state index contributed by atoms with van der Waals surface area (Å²) in [5, 5.41) is 9.09. The van der Waals surface area contributed by atoms with Crippen LogP contribution in [0.5, 0.6) is 5.75 Å². The molecule has 1 fully saturated rings. The molecule has 11 nitrogen and oxygen atoms in total. The van der Waals surface area contributed by atoms with Crippen molar-refractivity contribution in [3.05, 3.63) is 93.0 Å². The van der Waals surface area contributed by atoms with Crippen molar-refractivity contribution in [3.63, 3.8) is 0 Å². The molecule has 2 heterocycles. The van der Waals surface area contributed by atoms with Gasteiger partial charge in [-0.3, -0.25) is 19.1 Å². The Morgan fingerprint density at radius 1 is 1.15 bits per heavy atom. The van der Waals surface area contributed by atoms with Crippen LogP contribution in [0.1, 0.15) is 57.5 Å².